The first kappa shape index (κ1) is 30.7. The maximum Gasteiger partial charge on any atom is 0.0708 e. The van der Waals surface area contributed by atoms with Gasteiger partial charge in [0.25, 0.3) is 0 Å². The van der Waals surface area contributed by atoms with Gasteiger partial charge in [-0.15, -0.1) is 0 Å². The van der Waals surface area contributed by atoms with Crippen molar-refractivity contribution in [3.05, 3.63) is 185 Å². The van der Waals surface area contributed by atoms with Gasteiger partial charge in [0, 0.05) is 31.3 Å². The van der Waals surface area contributed by atoms with Gasteiger partial charge in [-0.3, -0.25) is 4.98 Å². The monoisotopic (exact) mass is 751 g/mol. The molecule has 2 heteroatoms. The van der Waals surface area contributed by atoms with Gasteiger partial charge >= 0.3 is 0 Å². The maximum absolute atomic E-state index is 5.09. The van der Waals surface area contributed by atoms with E-state index in [1.54, 1.807) is 0 Å². The zero-order valence-corrected chi connectivity index (χ0v) is 30.1. The smallest absolute Gasteiger partial charge is 0.0708 e. The third-order valence-electron chi connectivity index (χ3n) is 10.4. The quantitative estimate of drug-likeness (QED) is 0.0995. The van der Waals surface area contributed by atoms with Crippen LogP contribution in [0.5, 0.6) is 0 Å². The number of rotatable bonds is 3. The molecule has 0 atom stereocenters. The Balaban J connectivity index is 1.39. The van der Waals surface area contributed by atoms with E-state index in [-0.39, 0.29) is 5.41 Å². The normalized spacial score (nSPS) is 12.9. The average molecular weight is 752 g/mol. The topological polar surface area (TPSA) is 12.9 Å². The van der Waals surface area contributed by atoms with Crippen molar-refractivity contribution >= 4 is 55.0 Å². The minimum absolute atomic E-state index is 0.0753. The average Bonchev–Trinajstić information content (AvgIpc) is 3.39. The van der Waals surface area contributed by atoms with Crippen LogP contribution in [0.25, 0.3) is 77.0 Å². The van der Waals surface area contributed by atoms with Crippen LogP contribution in [0.3, 0.4) is 0 Å². The summed E-state index contributed by atoms with van der Waals surface area (Å²) < 4.78 is 1.18. The number of nitrogens with zero attached hydrogens (tertiary/aromatic N) is 1. The molecule has 0 saturated heterocycles. The number of hydrogen-bond acceptors (Lipinski definition) is 1. The second-order valence-corrected chi connectivity index (χ2v) is 14.7. The molecule has 1 heterocycles. The summed E-state index contributed by atoms with van der Waals surface area (Å²) in [7, 11) is 0. The molecule has 0 amide bonds. The fourth-order valence-corrected chi connectivity index (χ4v) is 8.77. The molecule has 8 aromatic rings. The van der Waals surface area contributed by atoms with Crippen LogP contribution in [0.4, 0.5) is 0 Å². The van der Waals surface area contributed by atoms with Crippen molar-refractivity contribution in [2.24, 2.45) is 0 Å². The Morgan fingerprint density at radius 2 is 1.00 bits per heavy atom. The first-order valence-corrected chi connectivity index (χ1v) is 18.2. The highest BCUT2D eigenvalue weighted by Crippen LogP contribution is 2.51. The molecule has 0 saturated carbocycles. The predicted molar refractivity (Wildman–Crippen MR) is 221 cm³/mol. The summed E-state index contributed by atoms with van der Waals surface area (Å²) in [6, 6.07) is 59.4. The number of benzene rings is 6. The molecule has 1 aliphatic rings. The molecule has 0 spiro atoms. The van der Waals surface area contributed by atoms with Gasteiger partial charge in [0.15, 0.2) is 0 Å². The summed E-state index contributed by atoms with van der Waals surface area (Å²) in [5.74, 6) is 0. The number of para-hydroxylation sites is 1. The van der Waals surface area contributed by atoms with Gasteiger partial charge in [0.05, 0.1) is 5.52 Å². The van der Waals surface area contributed by atoms with Crippen molar-refractivity contribution in [2.75, 3.05) is 0 Å². The van der Waals surface area contributed by atoms with Crippen LogP contribution in [0.15, 0.2) is 170 Å². The number of hydrogen-bond donors (Lipinski definition) is 0. The lowest BCUT2D eigenvalue weighted by atomic mass is 9.80. The molecule has 0 radical (unpaired) electrons. The van der Waals surface area contributed by atoms with E-state index in [0.717, 1.165) is 16.3 Å². The van der Waals surface area contributed by atoms with Gasteiger partial charge in [-0.25, -0.2) is 0 Å². The lowest BCUT2D eigenvalue weighted by Gasteiger charge is -2.23. The standard InChI is InChI=1S/C48H34IN/c1-48(2)41-24-15-13-18-33(41)34-28-27-31(29-42(34)48)32-17-9-10-19-35(32)45-36-20-11-12-21-37(36)46(38-22-7-5-3-4-6-8-25-43(38)49)47-39-23-14-16-26-44(39)50-30-40(45)47/h3-30H,1-2H3. The highest BCUT2D eigenvalue weighted by Gasteiger charge is 2.35. The molecule has 7 aromatic carbocycles. The zero-order chi connectivity index (χ0) is 33.8. The molecule has 0 fully saturated rings. The molecule has 1 aromatic heterocycles. The highest BCUT2D eigenvalue weighted by atomic mass is 127. The molecule has 0 unspecified atom stereocenters. The Bertz CT molecular complexity index is 2700. The lowest BCUT2D eigenvalue weighted by Crippen LogP contribution is -2.14. The van der Waals surface area contributed by atoms with E-state index in [1.807, 2.05) is 0 Å². The van der Waals surface area contributed by atoms with E-state index < -0.39 is 0 Å². The van der Waals surface area contributed by atoms with Gasteiger partial charge in [-0.1, -0.05) is 159 Å². The number of pyridine rings is 1. The molecule has 0 N–H and O–H groups in total. The van der Waals surface area contributed by atoms with Crippen molar-refractivity contribution in [2.45, 2.75) is 19.3 Å². The fraction of sp³-hybridized carbons (Fsp3) is 0.0625. The number of fused-ring (bicyclic) bond motifs is 7. The van der Waals surface area contributed by atoms with Gasteiger partial charge in [-0.2, -0.15) is 0 Å². The van der Waals surface area contributed by atoms with Crippen molar-refractivity contribution < 1.29 is 0 Å². The largest absolute Gasteiger partial charge is 0.256 e. The summed E-state index contributed by atoms with van der Waals surface area (Å²) in [5, 5.41) is 5.98. The van der Waals surface area contributed by atoms with Crippen LogP contribution < -0.4 is 0 Å². The van der Waals surface area contributed by atoms with Gasteiger partial charge in [-0.05, 0) is 107 Å². The zero-order valence-electron chi connectivity index (χ0n) is 28.0. The summed E-state index contributed by atoms with van der Waals surface area (Å²) in [6.07, 6.45) is 2.11. The highest BCUT2D eigenvalue weighted by molar-refractivity contribution is 14.1. The van der Waals surface area contributed by atoms with Crippen molar-refractivity contribution in [3.63, 3.8) is 0 Å². The van der Waals surface area contributed by atoms with Crippen LogP contribution in [0.1, 0.15) is 25.0 Å². The summed E-state index contributed by atoms with van der Waals surface area (Å²) >= 11 is 2.50. The van der Waals surface area contributed by atoms with Crippen molar-refractivity contribution in [3.8, 4) is 44.5 Å². The van der Waals surface area contributed by atoms with E-state index in [2.05, 4.69) is 206 Å². The second-order valence-electron chi connectivity index (χ2n) is 13.6. The Labute approximate surface area is 306 Å². The lowest BCUT2D eigenvalue weighted by molar-refractivity contribution is 0.660. The molecule has 9 rings (SSSR count). The molecular weight excluding hydrogens is 717 g/mol. The third-order valence-corrected chi connectivity index (χ3v) is 11.4. The van der Waals surface area contributed by atoms with Crippen LogP contribution in [-0.2, 0) is 5.41 Å². The minimum atomic E-state index is -0.0753. The van der Waals surface area contributed by atoms with Gasteiger partial charge in [0.2, 0.25) is 0 Å². The minimum Gasteiger partial charge on any atom is -0.256 e. The van der Waals surface area contributed by atoms with E-state index in [4.69, 9.17) is 4.98 Å². The molecule has 238 valence electrons. The van der Waals surface area contributed by atoms with Crippen LogP contribution in [0.2, 0.25) is 0 Å². The summed E-state index contributed by atoms with van der Waals surface area (Å²) in [5.41, 5.74) is 13.7. The third kappa shape index (κ3) is 4.85. The molecule has 1 nitrogen and oxygen atoms in total. The first-order valence-electron chi connectivity index (χ1n) is 17.2. The van der Waals surface area contributed by atoms with Crippen LogP contribution in [-0.4, -0.2) is 4.98 Å². The Hall–Kier alpha value is -5.32. The van der Waals surface area contributed by atoms with E-state index in [1.165, 1.54) is 75.4 Å². The van der Waals surface area contributed by atoms with Crippen LogP contribution >= 0.6 is 22.6 Å². The van der Waals surface area contributed by atoms with Crippen LogP contribution in [0, 0.1) is 3.57 Å². The summed E-state index contributed by atoms with van der Waals surface area (Å²) in [6.45, 7) is 4.71. The molecule has 50 heavy (non-hydrogen) atoms. The SMILES string of the molecule is CC1(C)c2ccccc2-c2ccc(-c3ccccc3-c3c4ccccc4c(-c4ccccccccc4I)c4c3cnc3ccccc34)cc21. The predicted octanol–water partition coefficient (Wildman–Crippen LogP) is 13.6. The van der Waals surface area contributed by atoms with Crippen molar-refractivity contribution in [1.82, 2.24) is 4.98 Å². The summed E-state index contributed by atoms with van der Waals surface area (Å²) in [4.78, 5) is 5.09. The molecule has 1 aliphatic carbocycles. The van der Waals surface area contributed by atoms with Gasteiger partial charge < -0.3 is 0 Å². The molecular formula is C48H34IN. The molecule has 0 aliphatic heterocycles. The van der Waals surface area contributed by atoms with Gasteiger partial charge in [0.1, 0.15) is 0 Å². The van der Waals surface area contributed by atoms with E-state index >= 15 is 0 Å². The second kappa shape index (κ2) is 12.2. The van der Waals surface area contributed by atoms with E-state index in [0.29, 0.717) is 0 Å². The first-order chi connectivity index (χ1) is 24.5. The number of aromatic nitrogens is 1. The van der Waals surface area contributed by atoms with Crippen molar-refractivity contribution in [1.29, 1.82) is 0 Å². The van der Waals surface area contributed by atoms with E-state index in [9.17, 15) is 0 Å². The molecule has 0 bridgehead atoms. The Morgan fingerprint density at radius 1 is 0.440 bits per heavy atom. The Morgan fingerprint density at radius 3 is 1.80 bits per heavy atom. The Kier molecular flexibility index (Phi) is 7.51. The number of halogens is 1. The maximum atomic E-state index is 5.09. The fourth-order valence-electron chi connectivity index (χ4n) is 8.11.